The fourth-order valence-electron chi connectivity index (χ4n) is 7.51. The third kappa shape index (κ3) is 21.1. The molecule has 0 aromatic carbocycles. The van der Waals surface area contributed by atoms with Gasteiger partial charge in [0, 0.05) is 25.7 Å². The van der Waals surface area contributed by atoms with Crippen molar-refractivity contribution in [2.45, 2.75) is 218 Å². The normalized spacial score (nSPS) is 18.9. The second kappa shape index (κ2) is 29.7. The van der Waals surface area contributed by atoms with E-state index in [2.05, 4.69) is 27.7 Å². The van der Waals surface area contributed by atoms with Crippen LogP contribution in [0.2, 0.25) is 0 Å². The topological polar surface area (TPSA) is 119 Å². The molecule has 11 heteroatoms. The van der Waals surface area contributed by atoms with Gasteiger partial charge >= 0.3 is 11.9 Å². The number of rotatable bonds is 34. The van der Waals surface area contributed by atoms with Gasteiger partial charge in [-0.3, -0.25) is 9.59 Å². The van der Waals surface area contributed by atoms with Crippen LogP contribution in [0, 0.1) is 0 Å². The lowest BCUT2D eigenvalue weighted by Crippen LogP contribution is -2.43. The van der Waals surface area contributed by atoms with Gasteiger partial charge in [-0.05, 0) is 76.4 Å². The maximum atomic E-state index is 12.6. The Morgan fingerprint density at radius 2 is 0.926 bits per heavy atom. The molecule has 2 rings (SSSR count). The lowest BCUT2D eigenvalue weighted by Gasteiger charge is -2.28. The predicted octanol–water partition coefficient (Wildman–Crippen LogP) is 10.1. The number of hydrogen-bond donors (Lipinski definition) is 1. The molecule has 0 saturated carbocycles. The van der Waals surface area contributed by atoms with Gasteiger partial charge in [-0.15, -0.1) is 0 Å². The van der Waals surface area contributed by atoms with E-state index < -0.39 is 23.5 Å². The first-order valence-corrected chi connectivity index (χ1v) is 22.6. The monoisotopic (exact) mass is 785 g/mol. The maximum Gasteiger partial charge on any atom is 0.325 e. The largest absolute Gasteiger partial charge is 0.464 e. The van der Waals surface area contributed by atoms with E-state index in [1.54, 1.807) is 0 Å². The lowest BCUT2D eigenvalue weighted by atomic mass is 10.00. The fourth-order valence-corrected chi connectivity index (χ4v) is 7.64. The Kier molecular flexibility index (Phi) is 26.7. The molecule has 10 nitrogen and oxygen atoms in total. The van der Waals surface area contributed by atoms with E-state index in [4.69, 9.17) is 46.4 Å². The number of nitrogens with two attached hydrogens (primary N) is 1. The Balaban J connectivity index is 1.62. The van der Waals surface area contributed by atoms with Crippen molar-refractivity contribution in [1.82, 2.24) is 4.90 Å². The summed E-state index contributed by atoms with van der Waals surface area (Å²) in [6.45, 7) is 10.4. The third-order valence-electron chi connectivity index (χ3n) is 10.8. The van der Waals surface area contributed by atoms with Gasteiger partial charge in [0.1, 0.15) is 13.1 Å². The summed E-state index contributed by atoms with van der Waals surface area (Å²) in [4.78, 5) is 26.5. The second-order valence-electron chi connectivity index (χ2n) is 15.8. The Labute approximate surface area is 335 Å². The van der Waals surface area contributed by atoms with Crippen molar-refractivity contribution in [2.24, 2.45) is 5.73 Å². The van der Waals surface area contributed by atoms with Gasteiger partial charge in [-0.1, -0.05) is 105 Å². The van der Waals surface area contributed by atoms with Gasteiger partial charge in [-0.25, -0.2) is 0 Å². The number of thiocarbonyl (C=S) groups is 1. The van der Waals surface area contributed by atoms with Crippen molar-refractivity contribution in [3.63, 3.8) is 0 Å². The average Bonchev–Trinajstić information content (AvgIpc) is 3.76. The summed E-state index contributed by atoms with van der Waals surface area (Å²) in [5.41, 5.74) is 5.84. The maximum absolute atomic E-state index is 12.6. The fraction of sp³-hybridized carbons (Fsp3) is 0.930. The highest BCUT2D eigenvalue weighted by Gasteiger charge is 2.41. The summed E-state index contributed by atoms with van der Waals surface area (Å²) in [6.07, 6.45) is 28.2. The van der Waals surface area contributed by atoms with Crippen LogP contribution in [-0.2, 0) is 38.0 Å². The lowest BCUT2D eigenvalue weighted by molar-refractivity contribution is -0.180. The first kappa shape index (κ1) is 48.6. The Bertz CT molecular complexity index is 907. The summed E-state index contributed by atoms with van der Waals surface area (Å²) in [6, 6.07) is 0. The van der Waals surface area contributed by atoms with Crippen molar-refractivity contribution < 1.29 is 38.0 Å². The molecule has 0 aromatic heterocycles. The highest BCUT2D eigenvalue weighted by atomic mass is 32.1. The average molecular weight is 785 g/mol. The van der Waals surface area contributed by atoms with Crippen LogP contribution in [-0.4, -0.2) is 85.3 Å². The summed E-state index contributed by atoms with van der Waals surface area (Å²) in [5, 5.41) is -0.0404. The number of ether oxygens (including phenoxy) is 6. The molecule has 2 unspecified atom stereocenters. The molecule has 2 N–H and O–H groups in total. The summed E-state index contributed by atoms with van der Waals surface area (Å²) in [5.74, 6) is -1.81. The number of esters is 2. The molecule has 2 heterocycles. The third-order valence-corrected chi connectivity index (χ3v) is 11.0. The smallest absolute Gasteiger partial charge is 0.325 e. The number of nitrogens with zero attached hydrogens (tertiary/aromatic N) is 1. The Morgan fingerprint density at radius 1 is 0.574 bits per heavy atom. The Morgan fingerprint density at radius 3 is 1.24 bits per heavy atom. The van der Waals surface area contributed by atoms with E-state index >= 15 is 0 Å². The van der Waals surface area contributed by atoms with Gasteiger partial charge in [-0.2, -0.15) is 0 Å². The number of hydrogen-bond acceptors (Lipinski definition) is 9. The van der Waals surface area contributed by atoms with Crippen LogP contribution in [0.1, 0.15) is 195 Å². The first-order valence-electron chi connectivity index (χ1n) is 22.2. The zero-order chi connectivity index (χ0) is 39.3. The molecule has 0 spiro atoms. The van der Waals surface area contributed by atoms with Crippen molar-refractivity contribution in [1.29, 1.82) is 0 Å². The van der Waals surface area contributed by atoms with Crippen LogP contribution in [0.5, 0.6) is 0 Å². The van der Waals surface area contributed by atoms with Crippen LogP contribution < -0.4 is 5.73 Å². The van der Waals surface area contributed by atoms with E-state index in [0.717, 1.165) is 89.9 Å². The molecule has 316 valence electrons. The highest BCUT2D eigenvalue weighted by molar-refractivity contribution is 7.80. The molecule has 0 aliphatic carbocycles. The zero-order valence-electron chi connectivity index (χ0n) is 35.0. The quantitative estimate of drug-likeness (QED) is 0.0382. The molecule has 54 heavy (non-hydrogen) atoms. The van der Waals surface area contributed by atoms with Gasteiger partial charge in [0.25, 0.3) is 0 Å². The standard InChI is InChI=1S/C43H80N2O8S/c1-5-9-13-19-27-42(28-20-14-10-6-2)50-35-37(52-42)25-17-23-31-48-39(46)33-45(41(44)54)34-40(47)49-32-24-18-26-38-36-51-43(53-38,29-21-15-11-7-3)30-22-16-12-8-4/h37-38H,5-36H2,1-4H3,(H2,44,54). The van der Waals surface area contributed by atoms with Crippen molar-refractivity contribution in [3.05, 3.63) is 0 Å². The molecular weight excluding hydrogens is 705 g/mol. The minimum atomic E-state index is -0.472. The van der Waals surface area contributed by atoms with Gasteiger partial charge in [0.05, 0.1) is 38.6 Å². The molecule has 2 aliphatic heterocycles. The van der Waals surface area contributed by atoms with Crippen molar-refractivity contribution >= 4 is 29.3 Å². The van der Waals surface area contributed by atoms with E-state index in [0.29, 0.717) is 13.2 Å². The molecule has 0 amide bonds. The van der Waals surface area contributed by atoms with Crippen molar-refractivity contribution in [2.75, 3.05) is 39.5 Å². The van der Waals surface area contributed by atoms with E-state index in [1.165, 1.54) is 81.9 Å². The van der Waals surface area contributed by atoms with Crippen LogP contribution >= 0.6 is 12.2 Å². The zero-order valence-corrected chi connectivity index (χ0v) is 35.8. The Hall–Kier alpha value is -1.53. The van der Waals surface area contributed by atoms with Crippen LogP contribution in [0.15, 0.2) is 0 Å². The number of carbonyl (C=O) groups excluding carboxylic acids is 2. The molecular formula is C43H80N2O8S. The minimum Gasteiger partial charge on any atom is -0.464 e. The molecule has 0 aromatic rings. The summed E-state index contributed by atoms with van der Waals surface area (Å²) < 4.78 is 36.6. The molecule has 2 fully saturated rings. The molecule has 2 atom stereocenters. The van der Waals surface area contributed by atoms with E-state index in [1.807, 2.05) is 0 Å². The highest BCUT2D eigenvalue weighted by Crippen LogP contribution is 2.37. The minimum absolute atomic E-state index is 0.0404. The number of unbranched alkanes of at least 4 members (excludes halogenated alkanes) is 14. The van der Waals surface area contributed by atoms with E-state index in [9.17, 15) is 9.59 Å². The molecule has 0 bridgehead atoms. The van der Waals surface area contributed by atoms with Gasteiger partial charge < -0.3 is 39.1 Å². The molecule has 2 aliphatic rings. The van der Waals surface area contributed by atoms with Crippen molar-refractivity contribution in [3.8, 4) is 0 Å². The van der Waals surface area contributed by atoms with Gasteiger partial charge in [0.2, 0.25) is 0 Å². The predicted molar refractivity (Wildman–Crippen MR) is 220 cm³/mol. The van der Waals surface area contributed by atoms with Crippen LogP contribution in [0.3, 0.4) is 0 Å². The summed E-state index contributed by atoms with van der Waals surface area (Å²) >= 11 is 5.12. The van der Waals surface area contributed by atoms with Crippen LogP contribution in [0.4, 0.5) is 0 Å². The van der Waals surface area contributed by atoms with Crippen LogP contribution in [0.25, 0.3) is 0 Å². The summed E-state index contributed by atoms with van der Waals surface area (Å²) in [7, 11) is 0. The molecule has 2 saturated heterocycles. The molecule has 0 radical (unpaired) electrons. The van der Waals surface area contributed by atoms with Gasteiger partial charge in [0.15, 0.2) is 16.7 Å². The second-order valence-corrected chi connectivity index (χ2v) is 16.2. The van der Waals surface area contributed by atoms with E-state index in [-0.39, 0.29) is 43.6 Å². The SMILES string of the molecule is CCCCCCC1(CCCCCC)OCC(CCCCOC(=O)CN(CC(=O)OCCCCC2COC(CCCCCC)(CCCCCC)O2)C(N)=S)O1. The first-order chi connectivity index (χ1) is 26.2. The number of carbonyl (C=O) groups is 2.